The molecule has 9 aromatic carbocycles. The largest absolute Gasteiger partial charge is 0.309 e. The van der Waals surface area contributed by atoms with Crippen LogP contribution in [0.2, 0.25) is 0 Å². The Hall–Kier alpha value is -7.93. The SMILES string of the molecule is c1ccc(-c2nc(-c3ccc(-n4c5ccccc5c5cc6ccccc6cc54)c4sc5ccccc5c34)nc(-c3cccc4c5ccccc5n(-c5ccccc5)c34)n2)cc1. The molecule has 0 N–H and O–H groups in total. The molecule has 0 atom stereocenters. The van der Waals surface area contributed by atoms with Gasteiger partial charge >= 0.3 is 0 Å². The zero-order valence-electron chi connectivity index (χ0n) is 32.7. The van der Waals surface area contributed by atoms with Crippen molar-refractivity contribution in [2.24, 2.45) is 0 Å². The monoisotopic (exact) mass is 795 g/mol. The van der Waals surface area contributed by atoms with E-state index in [4.69, 9.17) is 15.0 Å². The summed E-state index contributed by atoms with van der Waals surface area (Å²) in [5.74, 6) is 1.89. The molecule has 0 aliphatic heterocycles. The first kappa shape index (κ1) is 34.0. The number of benzene rings is 9. The molecule has 61 heavy (non-hydrogen) atoms. The summed E-state index contributed by atoms with van der Waals surface area (Å²) in [4.78, 5) is 16.1. The Morgan fingerprint density at radius 1 is 0.377 bits per heavy atom. The maximum Gasteiger partial charge on any atom is 0.166 e. The molecule has 6 heteroatoms. The highest BCUT2D eigenvalue weighted by molar-refractivity contribution is 7.26. The fraction of sp³-hybridized carbons (Fsp3) is 0. The maximum atomic E-state index is 5.48. The summed E-state index contributed by atoms with van der Waals surface area (Å²) in [5.41, 5.74) is 9.62. The van der Waals surface area contributed by atoms with Gasteiger partial charge < -0.3 is 9.13 Å². The van der Waals surface area contributed by atoms with E-state index in [2.05, 4.69) is 191 Å². The van der Waals surface area contributed by atoms with Crippen molar-refractivity contribution in [3.8, 4) is 45.5 Å². The van der Waals surface area contributed by atoms with Gasteiger partial charge in [-0.2, -0.15) is 0 Å². The average molecular weight is 796 g/mol. The minimum absolute atomic E-state index is 0.625. The van der Waals surface area contributed by atoms with E-state index < -0.39 is 0 Å². The molecule has 0 spiro atoms. The van der Waals surface area contributed by atoms with Crippen molar-refractivity contribution in [3.63, 3.8) is 0 Å². The Morgan fingerprint density at radius 2 is 0.967 bits per heavy atom. The highest BCUT2D eigenvalue weighted by atomic mass is 32.1. The molecule has 0 unspecified atom stereocenters. The Kier molecular flexibility index (Phi) is 7.41. The van der Waals surface area contributed by atoms with Crippen LogP contribution in [0, 0.1) is 0 Å². The summed E-state index contributed by atoms with van der Waals surface area (Å²) in [6, 6.07) is 71.3. The molecule has 0 saturated carbocycles. The lowest BCUT2D eigenvalue weighted by Gasteiger charge is -2.14. The van der Waals surface area contributed by atoms with Gasteiger partial charge in [0.1, 0.15) is 0 Å². The fourth-order valence-corrected chi connectivity index (χ4v) is 10.7. The van der Waals surface area contributed by atoms with Gasteiger partial charge in [0.2, 0.25) is 0 Å². The van der Waals surface area contributed by atoms with Gasteiger partial charge in [-0.1, -0.05) is 140 Å². The molecule has 5 nitrogen and oxygen atoms in total. The molecule has 0 aliphatic carbocycles. The van der Waals surface area contributed by atoms with E-state index >= 15 is 0 Å². The quantitative estimate of drug-likeness (QED) is 0.174. The van der Waals surface area contributed by atoms with Gasteiger partial charge in [0.25, 0.3) is 0 Å². The molecule has 4 aromatic heterocycles. The first-order valence-electron chi connectivity index (χ1n) is 20.5. The number of hydrogen-bond acceptors (Lipinski definition) is 4. The van der Waals surface area contributed by atoms with Gasteiger partial charge in [-0.3, -0.25) is 0 Å². The minimum Gasteiger partial charge on any atom is -0.309 e. The van der Waals surface area contributed by atoms with Crippen LogP contribution in [0.1, 0.15) is 0 Å². The van der Waals surface area contributed by atoms with Gasteiger partial charge in [-0.15, -0.1) is 11.3 Å². The zero-order chi connectivity index (χ0) is 40.0. The van der Waals surface area contributed by atoms with Crippen LogP contribution in [0.25, 0.3) is 120 Å². The predicted molar refractivity (Wildman–Crippen MR) is 255 cm³/mol. The minimum atomic E-state index is 0.625. The van der Waals surface area contributed by atoms with Crippen molar-refractivity contribution >= 4 is 85.9 Å². The van der Waals surface area contributed by atoms with E-state index in [1.807, 2.05) is 29.5 Å². The van der Waals surface area contributed by atoms with Gasteiger partial charge in [-0.05, 0) is 71.4 Å². The van der Waals surface area contributed by atoms with Gasteiger partial charge in [0.05, 0.1) is 32.5 Å². The van der Waals surface area contributed by atoms with E-state index in [0.29, 0.717) is 17.5 Å². The van der Waals surface area contributed by atoms with E-state index in [0.717, 1.165) is 49.9 Å². The van der Waals surface area contributed by atoms with Gasteiger partial charge in [0, 0.05) is 59.4 Å². The fourth-order valence-electron chi connectivity index (χ4n) is 9.47. The van der Waals surface area contributed by atoms with Crippen LogP contribution in [-0.2, 0) is 0 Å². The topological polar surface area (TPSA) is 48.5 Å². The van der Waals surface area contributed by atoms with Gasteiger partial charge in [-0.25, -0.2) is 15.0 Å². The summed E-state index contributed by atoms with van der Waals surface area (Å²) in [5, 5.41) is 9.58. The summed E-state index contributed by atoms with van der Waals surface area (Å²) in [6.07, 6.45) is 0. The Morgan fingerprint density at radius 3 is 1.75 bits per heavy atom. The molecular weight excluding hydrogens is 763 g/mol. The predicted octanol–water partition coefficient (Wildman–Crippen LogP) is 14.6. The van der Waals surface area contributed by atoms with Crippen LogP contribution in [-0.4, -0.2) is 24.1 Å². The van der Waals surface area contributed by atoms with Crippen LogP contribution in [0.5, 0.6) is 0 Å². The Labute approximate surface area is 354 Å². The summed E-state index contributed by atoms with van der Waals surface area (Å²) in [6.45, 7) is 0. The molecule has 0 bridgehead atoms. The highest BCUT2D eigenvalue weighted by Crippen LogP contribution is 2.46. The number of thiophene rings is 1. The van der Waals surface area contributed by atoms with E-state index in [1.54, 1.807) is 0 Å². The second-order valence-electron chi connectivity index (χ2n) is 15.6. The highest BCUT2D eigenvalue weighted by Gasteiger charge is 2.24. The smallest absolute Gasteiger partial charge is 0.166 e. The van der Waals surface area contributed by atoms with Crippen LogP contribution in [0.3, 0.4) is 0 Å². The van der Waals surface area contributed by atoms with Gasteiger partial charge in [0.15, 0.2) is 17.5 Å². The molecule has 0 saturated heterocycles. The maximum absolute atomic E-state index is 5.48. The standard InChI is InChI=1S/C55H33N5S/c1-3-16-34(17-4-1)53-56-54(58-55(57-53)43-26-15-25-40-38-22-9-12-27-45(38)59(51(40)43)37-20-5-2-6-21-37)42-30-31-47(52-50(42)41-24-11-14-29-49(41)61-52)60-46-28-13-10-23-39(46)44-32-35-18-7-8-19-36(35)33-48(44)60/h1-33H. The van der Waals surface area contributed by atoms with E-state index in [9.17, 15) is 0 Å². The first-order chi connectivity index (χ1) is 30.3. The van der Waals surface area contributed by atoms with Crippen LogP contribution >= 0.6 is 11.3 Å². The lowest BCUT2D eigenvalue weighted by atomic mass is 10.0. The Balaban J connectivity index is 1.11. The molecule has 0 radical (unpaired) electrons. The zero-order valence-corrected chi connectivity index (χ0v) is 33.5. The number of nitrogens with zero attached hydrogens (tertiary/aromatic N) is 5. The molecule has 13 aromatic rings. The lowest BCUT2D eigenvalue weighted by molar-refractivity contribution is 1.07. The number of rotatable bonds is 5. The van der Waals surface area contributed by atoms with Crippen LogP contribution in [0.15, 0.2) is 200 Å². The third-order valence-corrected chi connectivity index (χ3v) is 13.3. The summed E-state index contributed by atoms with van der Waals surface area (Å²) >= 11 is 1.83. The molecule has 4 heterocycles. The second-order valence-corrected chi connectivity index (χ2v) is 16.6. The van der Waals surface area contributed by atoms with E-state index in [1.165, 1.54) is 52.8 Å². The molecule has 284 valence electrons. The van der Waals surface area contributed by atoms with Crippen molar-refractivity contribution in [1.82, 2.24) is 24.1 Å². The molecule has 0 fully saturated rings. The van der Waals surface area contributed by atoms with Crippen molar-refractivity contribution in [2.45, 2.75) is 0 Å². The van der Waals surface area contributed by atoms with Crippen molar-refractivity contribution < 1.29 is 0 Å². The number of fused-ring (bicyclic) bond motifs is 10. The lowest BCUT2D eigenvalue weighted by Crippen LogP contribution is -2.03. The normalized spacial score (nSPS) is 11.9. The van der Waals surface area contributed by atoms with E-state index in [-0.39, 0.29) is 0 Å². The van der Waals surface area contributed by atoms with Crippen LogP contribution < -0.4 is 0 Å². The second kappa shape index (κ2) is 13.3. The van der Waals surface area contributed by atoms with Crippen molar-refractivity contribution in [1.29, 1.82) is 0 Å². The third-order valence-electron chi connectivity index (χ3n) is 12.1. The number of aromatic nitrogens is 5. The summed E-state index contributed by atoms with van der Waals surface area (Å²) in [7, 11) is 0. The molecule has 0 aliphatic rings. The summed E-state index contributed by atoms with van der Waals surface area (Å²) < 4.78 is 7.20. The molecule has 0 amide bonds. The first-order valence-corrected chi connectivity index (χ1v) is 21.3. The molecular formula is C55H33N5S. The number of para-hydroxylation sites is 4. The average Bonchev–Trinajstić information content (AvgIpc) is 3.99. The number of hydrogen-bond donors (Lipinski definition) is 0. The Bertz CT molecular complexity index is 3880. The van der Waals surface area contributed by atoms with Crippen molar-refractivity contribution in [2.75, 3.05) is 0 Å². The third kappa shape index (κ3) is 5.16. The van der Waals surface area contributed by atoms with Crippen molar-refractivity contribution in [3.05, 3.63) is 200 Å². The van der Waals surface area contributed by atoms with Crippen LogP contribution in [0.4, 0.5) is 0 Å². The molecule has 13 rings (SSSR count).